The summed E-state index contributed by atoms with van der Waals surface area (Å²) < 4.78 is 0.140. The van der Waals surface area contributed by atoms with Gasteiger partial charge < -0.3 is 19.3 Å². The fraction of sp³-hybridized carbons (Fsp3) is 0.300. The maximum Gasteiger partial charge on any atom is 0.498 e. The standard InChI is InChI=1S/C30H34BBrN2O3/c1-33(30(35)19-32)18-10-9-16-23-24-12-4-6-14-26(24)28(27-15-7-5-13-25(23)27)21-34(2)20-22-11-3-8-17-29(22)31(34,36)37/h3-8,11-15,17,36-37H,9-10,16,18-21H2,1-2H3/t34-/m1/s1. The van der Waals surface area contributed by atoms with E-state index in [-0.39, 0.29) is 10.3 Å². The summed E-state index contributed by atoms with van der Waals surface area (Å²) in [6.07, 6.45) is 2.84. The molecule has 0 saturated heterocycles. The van der Waals surface area contributed by atoms with Gasteiger partial charge in [0.15, 0.2) is 0 Å². The molecule has 1 amide bonds. The normalized spacial score (nSPS) is 18.3. The van der Waals surface area contributed by atoms with Crippen molar-refractivity contribution in [2.75, 3.05) is 26.0 Å². The Morgan fingerprint density at radius 3 is 2.00 bits per heavy atom. The van der Waals surface area contributed by atoms with E-state index in [9.17, 15) is 14.8 Å². The van der Waals surface area contributed by atoms with Crippen molar-refractivity contribution >= 4 is 55.5 Å². The largest absolute Gasteiger partial charge is 0.524 e. The molecule has 192 valence electrons. The highest BCUT2D eigenvalue weighted by atomic mass is 79.9. The zero-order chi connectivity index (χ0) is 26.2. The Hall–Kier alpha value is -2.71. The quantitative estimate of drug-likeness (QED) is 0.145. The third-order valence-electron chi connectivity index (χ3n) is 8.26. The third kappa shape index (κ3) is 4.59. The smallest absolute Gasteiger partial charge is 0.498 e. The number of halogens is 1. The molecule has 0 bridgehead atoms. The van der Waals surface area contributed by atoms with Crippen LogP contribution < -0.4 is 5.46 Å². The molecule has 37 heavy (non-hydrogen) atoms. The van der Waals surface area contributed by atoms with E-state index in [0.29, 0.717) is 23.9 Å². The number of benzene rings is 4. The molecule has 5 rings (SSSR count). The van der Waals surface area contributed by atoms with Crippen molar-refractivity contribution in [3.05, 3.63) is 89.5 Å². The number of alkyl halides is 1. The summed E-state index contributed by atoms with van der Waals surface area (Å²) >= 11 is 3.25. The van der Waals surface area contributed by atoms with Gasteiger partial charge in [-0.15, -0.1) is 0 Å². The van der Waals surface area contributed by atoms with Gasteiger partial charge in [-0.1, -0.05) is 94.2 Å². The number of nitrogens with zero attached hydrogens (tertiary/aromatic N) is 2. The Morgan fingerprint density at radius 2 is 1.43 bits per heavy atom. The number of unbranched alkanes of at least 4 members (excludes halogenated alkanes) is 1. The Balaban J connectivity index is 1.53. The molecule has 0 fully saturated rings. The number of rotatable bonds is 8. The first-order valence-electron chi connectivity index (χ1n) is 13.0. The van der Waals surface area contributed by atoms with Gasteiger partial charge in [-0.2, -0.15) is 0 Å². The van der Waals surface area contributed by atoms with Crippen LogP contribution in [0.1, 0.15) is 29.5 Å². The van der Waals surface area contributed by atoms with Crippen molar-refractivity contribution in [2.24, 2.45) is 0 Å². The fourth-order valence-corrected chi connectivity index (χ4v) is 6.51. The van der Waals surface area contributed by atoms with Crippen LogP contribution in [0.4, 0.5) is 0 Å². The predicted octanol–water partition coefficient (Wildman–Crippen LogP) is 4.46. The number of hydrogen-bond acceptors (Lipinski definition) is 3. The van der Waals surface area contributed by atoms with Crippen molar-refractivity contribution in [2.45, 2.75) is 32.4 Å². The number of quaternary nitrogens is 1. The number of carbonyl (C=O) groups is 1. The van der Waals surface area contributed by atoms with Gasteiger partial charge in [-0.3, -0.25) is 4.79 Å². The minimum absolute atomic E-state index is 0.103. The van der Waals surface area contributed by atoms with Crippen LogP contribution in [0.3, 0.4) is 0 Å². The van der Waals surface area contributed by atoms with Crippen LogP contribution in [-0.2, 0) is 24.3 Å². The molecule has 5 nitrogen and oxygen atoms in total. The lowest BCUT2D eigenvalue weighted by Crippen LogP contribution is -2.67. The van der Waals surface area contributed by atoms with Gasteiger partial charge in [-0.05, 0) is 51.9 Å². The first-order valence-corrected chi connectivity index (χ1v) is 14.1. The van der Waals surface area contributed by atoms with Gasteiger partial charge in [0.2, 0.25) is 5.91 Å². The zero-order valence-electron chi connectivity index (χ0n) is 21.5. The molecule has 4 aromatic carbocycles. The molecule has 0 spiro atoms. The average molecular weight is 561 g/mol. The highest BCUT2D eigenvalue weighted by Gasteiger charge is 2.51. The molecule has 1 heterocycles. The molecule has 0 radical (unpaired) electrons. The molecule has 0 unspecified atom stereocenters. The van der Waals surface area contributed by atoms with Gasteiger partial charge in [0.25, 0.3) is 0 Å². The average Bonchev–Trinajstić information content (AvgIpc) is 3.11. The van der Waals surface area contributed by atoms with Crippen LogP contribution in [0.25, 0.3) is 21.5 Å². The monoisotopic (exact) mass is 560 g/mol. The van der Waals surface area contributed by atoms with E-state index in [1.807, 2.05) is 38.4 Å². The molecule has 2 N–H and O–H groups in total. The van der Waals surface area contributed by atoms with Crippen molar-refractivity contribution in [1.82, 2.24) is 4.90 Å². The summed E-state index contributed by atoms with van der Waals surface area (Å²) in [5.41, 5.74) is 4.13. The lowest BCUT2D eigenvalue weighted by molar-refractivity contribution is -0.850. The second-order valence-corrected chi connectivity index (χ2v) is 11.2. The fourth-order valence-electron chi connectivity index (χ4n) is 6.08. The minimum atomic E-state index is -2.76. The van der Waals surface area contributed by atoms with Gasteiger partial charge in [0.05, 0.1) is 18.4 Å². The number of hydrogen-bond donors (Lipinski definition) is 2. The van der Waals surface area contributed by atoms with E-state index < -0.39 is 6.69 Å². The third-order valence-corrected chi connectivity index (χ3v) is 8.74. The molecule has 0 aliphatic carbocycles. The summed E-state index contributed by atoms with van der Waals surface area (Å²) in [5.74, 6) is 0.103. The summed E-state index contributed by atoms with van der Waals surface area (Å²) in [7, 11) is 3.81. The Kier molecular flexibility index (Phi) is 7.16. The van der Waals surface area contributed by atoms with E-state index in [0.717, 1.165) is 36.9 Å². The number of carbonyl (C=O) groups excluding carboxylic acids is 1. The van der Waals surface area contributed by atoms with Crippen molar-refractivity contribution in [3.8, 4) is 0 Å². The lowest BCUT2D eigenvalue weighted by Gasteiger charge is -2.46. The Morgan fingerprint density at radius 1 is 0.892 bits per heavy atom. The lowest BCUT2D eigenvalue weighted by atomic mass is 9.62. The molecule has 0 aromatic heterocycles. The molecule has 0 saturated carbocycles. The molecule has 7 heteroatoms. The van der Waals surface area contributed by atoms with Gasteiger partial charge in [0, 0.05) is 26.2 Å². The highest BCUT2D eigenvalue weighted by molar-refractivity contribution is 9.09. The van der Waals surface area contributed by atoms with E-state index in [1.54, 1.807) is 4.90 Å². The maximum atomic E-state index is 11.9. The van der Waals surface area contributed by atoms with Gasteiger partial charge >= 0.3 is 6.69 Å². The first kappa shape index (κ1) is 25.9. The summed E-state index contributed by atoms with van der Waals surface area (Å²) in [6, 6.07) is 24.7. The van der Waals surface area contributed by atoms with Crippen LogP contribution >= 0.6 is 15.9 Å². The summed E-state index contributed by atoms with van der Waals surface area (Å²) in [4.78, 5) is 13.7. The second-order valence-electron chi connectivity index (χ2n) is 10.7. The number of amides is 1. The van der Waals surface area contributed by atoms with E-state index in [4.69, 9.17) is 0 Å². The SMILES string of the molecule is CN(CCCCc1c2ccccc2c(C[N@@+]2(C)Cc3ccccc3[B-]2(O)O)c2ccccc12)C(=O)CBr. The van der Waals surface area contributed by atoms with Gasteiger partial charge in [-0.25, -0.2) is 0 Å². The second kappa shape index (κ2) is 10.2. The van der Waals surface area contributed by atoms with Crippen LogP contribution in [0.2, 0.25) is 0 Å². The topological polar surface area (TPSA) is 60.8 Å². The first-order chi connectivity index (χ1) is 17.8. The Labute approximate surface area is 227 Å². The molecule has 1 atom stereocenters. The van der Waals surface area contributed by atoms with Gasteiger partial charge in [0.1, 0.15) is 0 Å². The van der Waals surface area contributed by atoms with E-state index >= 15 is 0 Å². The summed E-state index contributed by atoms with van der Waals surface area (Å²) in [5, 5.41) is 28.0. The van der Waals surface area contributed by atoms with Crippen molar-refractivity contribution in [3.63, 3.8) is 0 Å². The minimum Gasteiger partial charge on any atom is -0.524 e. The summed E-state index contributed by atoms with van der Waals surface area (Å²) in [6.45, 7) is -0.923. The molecule has 1 aliphatic heterocycles. The molecule has 4 aromatic rings. The predicted molar refractivity (Wildman–Crippen MR) is 156 cm³/mol. The maximum absolute atomic E-state index is 11.9. The van der Waals surface area contributed by atoms with Crippen LogP contribution in [0.5, 0.6) is 0 Å². The van der Waals surface area contributed by atoms with Crippen LogP contribution in [0.15, 0.2) is 72.8 Å². The van der Waals surface area contributed by atoms with Crippen molar-refractivity contribution < 1.29 is 19.2 Å². The Bertz CT molecular complexity index is 1420. The van der Waals surface area contributed by atoms with Crippen molar-refractivity contribution in [1.29, 1.82) is 0 Å². The zero-order valence-corrected chi connectivity index (χ0v) is 23.1. The van der Waals surface area contributed by atoms with E-state index in [1.165, 1.54) is 27.1 Å². The van der Waals surface area contributed by atoms with E-state index in [2.05, 4.69) is 64.5 Å². The molecular formula is C30H34BBrN2O3. The van der Waals surface area contributed by atoms with Crippen LogP contribution in [-0.4, -0.2) is 57.9 Å². The highest BCUT2D eigenvalue weighted by Crippen LogP contribution is 2.38. The number of aryl methyl sites for hydroxylation is 1. The molecule has 1 aliphatic rings. The van der Waals surface area contributed by atoms with Crippen LogP contribution in [0, 0.1) is 0 Å². The number of fused-ring (bicyclic) bond motifs is 3. The molecular weight excluding hydrogens is 527 g/mol.